The van der Waals surface area contributed by atoms with E-state index in [1.165, 1.54) is 0 Å². The van der Waals surface area contributed by atoms with E-state index in [9.17, 15) is 4.79 Å². The van der Waals surface area contributed by atoms with Gasteiger partial charge in [-0.1, -0.05) is 13.8 Å². The fourth-order valence-electron chi connectivity index (χ4n) is 1.79. The Morgan fingerprint density at radius 3 is 2.24 bits per heavy atom. The number of benzene rings is 1. The molecule has 0 saturated heterocycles. The van der Waals surface area contributed by atoms with Crippen LogP contribution in [-0.4, -0.2) is 24.1 Å². The van der Waals surface area contributed by atoms with Gasteiger partial charge in [0.05, 0.1) is 6.61 Å². The summed E-state index contributed by atoms with van der Waals surface area (Å²) in [6, 6.07) is 3.69. The first-order valence-corrected chi connectivity index (χ1v) is 5.83. The van der Waals surface area contributed by atoms with E-state index in [1.54, 1.807) is 0 Å². The first-order valence-electron chi connectivity index (χ1n) is 5.83. The summed E-state index contributed by atoms with van der Waals surface area (Å²) in [6.45, 7) is 8.10. The molecule has 0 aliphatic carbocycles. The molecule has 1 aromatic rings. The van der Waals surface area contributed by atoms with Gasteiger partial charge in [-0.3, -0.25) is 4.79 Å². The van der Waals surface area contributed by atoms with Crippen LogP contribution in [0.15, 0.2) is 12.1 Å². The summed E-state index contributed by atoms with van der Waals surface area (Å²) in [6.07, 6.45) is 0. The molecular formula is C14H20O3. The van der Waals surface area contributed by atoms with E-state index in [-0.39, 0.29) is 5.78 Å². The second-order valence-electron chi connectivity index (χ2n) is 4.72. The van der Waals surface area contributed by atoms with Crippen LogP contribution in [0.5, 0.6) is 5.75 Å². The third-order valence-electron chi connectivity index (χ3n) is 2.51. The van der Waals surface area contributed by atoms with Crippen LogP contribution in [0.25, 0.3) is 0 Å². The van der Waals surface area contributed by atoms with Crippen molar-refractivity contribution in [2.24, 2.45) is 5.92 Å². The van der Waals surface area contributed by atoms with Gasteiger partial charge in [0.2, 0.25) is 0 Å². The van der Waals surface area contributed by atoms with Crippen LogP contribution in [0.2, 0.25) is 0 Å². The lowest BCUT2D eigenvalue weighted by Crippen LogP contribution is -2.10. The van der Waals surface area contributed by atoms with Crippen LogP contribution < -0.4 is 4.74 Å². The molecule has 3 heteroatoms. The van der Waals surface area contributed by atoms with Crippen LogP contribution in [-0.2, 0) is 0 Å². The first-order chi connectivity index (χ1) is 7.95. The minimum absolute atomic E-state index is 0.240. The lowest BCUT2D eigenvalue weighted by atomic mass is 9.99. The molecule has 0 bridgehead atoms. The van der Waals surface area contributed by atoms with Crippen LogP contribution >= 0.6 is 0 Å². The fourth-order valence-corrected chi connectivity index (χ4v) is 1.79. The Labute approximate surface area is 102 Å². The summed E-state index contributed by atoms with van der Waals surface area (Å²) in [4.78, 5) is 11.5. The van der Waals surface area contributed by atoms with Crippen molar-refractivity contribution in [2.75, 3.05) is 13.2 Å². The monoisotopic (exact) mass is 236 g/mol. The predicted molar refractivity (Wildman–Crippen MR) is 67.7 cm³/mol. The number of hydrogen-bond acceptors (Lipinski definition) is 3. The average molecular weight is 236 g/mol. The Morgan fingerprint density at radius 2 is 1.82 bits per heavy atom. The molecule has 94 valence electrons. The number of ketones is 1. The highest BCUT2D eigenvalue weighted by Gasteiger charge is 2.12. The molecule has 1 aromatic carbocycles. The van der Waals surface area contributed by atoms with Gasteiger partial charge in [0, 0.05) is 5.56 Å². The molecular weight excluding hydrogens is 216 g/mol. The number of aliphatic hydroxyl groups is 1. The van der Waals surface area contributed by atoms with Crippen molar-refractivity contribution < 1.29 is 14.6 Å². The first kappa shape index (κ1) is 13.7. The Bertz CT molecular complexity index is 385. The molecule has 0 spiro atoms. The normalized spacial score (nSPS) is 10.7. The minimum Gasteiger partial charge on any atom is -0.493 e. The van der Waals surface area contributed by atoms with Crippen molar-refractivity contribution in [3.8, 4) is 5.75 Å². The zero-order chi connectivity index (χ0) is 13.0. The van der Waals surface area contributed by atoms with E-state index < -0.39 is 6.61 Å². The number of carbonyl (C=O) groups excluding carboxylic acids is 1. The maximum atomic E-state index is 11.5. The maximum Gasteiger partial charge on any atom is 0.188 e. The number of rotatable bonds is 5. The van der Waals surface area contributed by atoms with Gasteiger partial charge in [0.15, 0.2) is 5.78 Å². The van der Waals surface area contributed by atoms with E-state index in [2.05, 4.69) is 13.8 Å². The number of aliphatic hydroxyl groups excluding tert-OH is 1. The summed E-state index contributed by atoms with van der Waals surface area (Å²) < 4.78 is 5.62. The van der Waals surface area contributed by atoms with Gasteiger partial charge in [0.25, 0.3) is 0 Å². The van der Waals surface area contributed by atoms with E-state index in [0.29, 0.717) is 18.1 Å². The molecule has 0 aliphatic heterocycles. The summed E-state index contributed by atoms with van der Waals surface area (Å²) in [5.41, 5.74) is 2.30. The van der Waals surface area contributed by atoms with E-state index >= 15 is 0 Å². The van der Waals surface area contributed by atoms with Gasteiger partial charge in [-0.25, -0.2) is 0 Å². The van der Waals surface area contributed by atoms with Gasteiger partial charge >= 0.3 is 0 Å². The molecule has 3 nitrogen and oxygen atoms in total. The lowest BCUT2D eigenvalue weighted by molar-refractivity contribution is 0.0902. The predicted octanol–water partition coefficient (Wildman–Crippen LogP) is 2.51. The van der Waals surface area contributed by atoms with Gasteiger partial charge in [-0.2, -0.15) is 0 Å². The molecule has 0 radical (unpaired) electrons. The number of aryl methyl sites for hydroxylation is 2. The van der Waals surface area contributed by atoms with Crippen LogP contribution in [0.3, 0.4) is 0 Å². The SMILES string of the molecule is Cc1cc(OCC(C)C)cc(C)c1C(=O)CO. The van der Waals surface area contributed by atoms with Crippen LogP contribution in [0.4, 0.5) is 0 Å². The van der Waals surface area contributed by atoms with Crippen LogP contribution in [0.1, 0.15) is 35.3 Å². The van der Waals surface area contributed by atoms with E-state index in [1.807, 2.05) is 26.0 Å². The third-order valence-corrected chi connectivity index (χ3v) is 2.51. The third kappa shape index (κ3) is 3.56. The molecule has 0 heterocycles. The zero-order valence-corrected chi connectivity index (χ0v) is 10.9. The summed E-state index contributed by atoms with van der Waals surface area (Å²) in [5.74, 6) is 1.01. The molecule has 0 fully saturated rings. The molecule has 1 rings (SSSR count). The molecule has 0 atom stereocenters. The molecule has 1 N–H and O–H groups in total. The minimum atomic E-state index is -0.451. The fraction of sp³-hybridized carbons (Fsp3) is 0.500. The van der Waals surface area contributed by atoms with E-state index in [4.69, 9.17) is 9.84 Å². The van der Waals surface area contributed by atoms with E-state index in [0.717, 1.165) is 16.9 Å². The average Bonchev–Trinajstić information content (AvgIpc) is 2.25. The van der Waals surface area contributed by atoms with Gasteiger partial charge < -0.3 is 9.84 Å². The Morgan fingerprint density at radius 1 is 1.29 bits per heavy atom. The smallest absolute Gasteiger partial charge is 0.188 e. The van der Waals surface area contributed by atoms with Crippen LogP contribution in [0, 0.1) is 19.8 Å². The van der Waals surface area contributed by atoms with Gasteiger partial charge in [-0.15, -0.1) is 0 Å². The Balaban J connectivity index is 2.97. The highest BCUT2D eigenvalue weighted by molar-refractivity contribution is 5.99. The number of Topliss-reactive ketones (excluding diaryl/α,β-unsaturated/α-hetero) is 1. The summed E-state index contributed by atoms with van der Waals surface area (Å²) in [5, 5.41) is 8.90. The zero-order valence-electron chi connectivity index (χ0n) is 10.9. The molecule has 0 amide bonds. The largest absolute Gasteiger partial charge is 0.493 e. The Hall–Kier alpha value is -1.35. The van der Waals surface area contributed by atoms with Crippen molar-refractivity contribution in [3.05, 3.63) is 28.8 Å². The number of ether oxygens (including phenoxy) is 1. The Kier molecular flexibility index (Phi) is 4.70. The van der Waals surface area contributed by atoms with Gasteiger partial charge in [0.1, 0.15) is 12.4 Å². The summed E-state index contributed by atoms with van der Waals surface area (Å²) >= 11 is 0. The second kappa shape index (κ2) is 5.82. The van der Waals surface area contributed by atoms with Gasteiger partial charge in [-0.05, 0) is 43.0 Å². The molecule has 0 saturated carbocycles. The summed E-state index contributed by atoms with van der Waals surface area (Å²) in [7, 11) is 0. The second-order valence-corrected chi connectivity index (χ2v) is 4.72. The number of carbonyl (C=O) groups is 1. The molecule has 17 heavy (non-hydrogen) atoms. The van der Waals surface area contributed by atoms with Crippen molar-refractivity contribution in [1.82, 2.24) is 0 Å². The topological polar surface area (TPSA) is 46.5 Å². The standard InChI is InChI=1S/C14H20O3/c1-9(2)8-17-12-5-10(3)14(11(4)6-12)13(16)7-15/h5-6,9,15H,7-8H2,1-4H3. The molecule has 0 aliphatic rings. The highest BCUT2D eigenvalue weighted by atomic mass is 16.5. The van der Waals surface area contributed by atoms with Crippen molar-refractivity contribution in [1.29, 1.82) is 0 Å². The van der Waals surface area contributed by atoms with Crippen molar-refractivity contribution in [2.45, 2.75) is 27.7 Å². The van der Waals surface area contributed by atoms with Crippen molar-refractivity contribution >= 4 is 5.78 Å². The van der Waals surface area contributed by atoms with Crippen molar-refractivity contribution in [3.63, 3.8) is 0 Å². The molecule has 0 aromatic heterocycles. The quantitative estimate of drug-likeness (QED) is 0.799. The molecule has 0 unspecified atom stereocenters. The highest BCUT2D eigenvalue weighted by Crippen LogP contribution is 2.22. The number of hydrogen-bond donors (Lipinski definition) is 1. The lowest BCUT2D eigenvalue weighted by Gasteiger charge is -2.13. The maximum absolute atomic E-state index is 11.5.